The van der Waals surface area contributed by atoms with E-state index in [4.69, 9.17) is 5.73 Å². The van der Waals surface area contributed by atoms with Crippen molar-refractivity contribution in [1.29, 1.82) is 0 Å². The topological polar surface area (TPSA) is 132 Å². The van der Waals surface area contributed by atoms with Crippen LogP contribution in [0.15, 0.2) is 16.9 Å². The van der Waals surface area contributed by atoms with Gasteiger partial charge in [0.1, 0.15) is 5.65 Å². The molecule has 0 spiro atoms. The van der Waals surface area contributed by atoms with Crippen LogP contribution in [0, 0.1) is 11.8 Å². The van der Waals surface area contributed by atoms with Crippen molar-refractivity contribution in [2.24, 2.45) is 17.6 Å². The number of carbonyl (C=O) groups is 2. The molecule has 2 aromatic heterocycles. The van der Waals surface area contributed by atoms with Gasteiger partial charge in [0.2, 0.25) is 11.8 Å². The van der Waals surface area contributed by atoms with E-state index >= 15 is 0 Å². The molecule has 0 bridgehead atoms. The minimum absolute atomic E-state index is 0.122. The number of nitrogens with two attached hydrogens (primary N) is 1. The first-order valence-electron chi connectivity index (χ1n) is 9.67. The summed E-state index contributed by atoms with van der Waals surface area (Å²) in [6.45, 7) is 8.20. The molecule has 0 unspecified atom stereocenters. The van der Waals surface area contributed by atoms with E-state index in [-0.39, 0.29) is 17.4 Å². The Morgan fingerprint density at radius 3 is 2.62 bits per heavy atom. The van der Waals surface area contributed by atoms with E-state index in [0.717, 1.165) is 17.4 Å². The molecule has 1 fully saturated rings. The second-order valence-electron chi connectivity index (χ2n) is 8.53. The summed E-state index contributed by atoms with van der Waals surface area (Å²) in [5.74, 6) is -1.15. The van der Waals surface area contributed by atoms with Crippen molar-refractivity contribution in [3.63, 3.8) is 0 Å². The molecule has 0 atom stereocenters. The zero-order valence-corrected chi connectivity index (χ0v) is 17.1. The Labute approximate surface area is 168 Å². The Balaban J connectivity index is 1.98. The van der Waals surface area contributed by atoms with Crippen LogP contribution in [0.2, 0.25) is 0 Å². The summed E-state index contributed by atoms with van der Waals surface area (Å²) < 4.78 is 2.45. The first-order valence-corrected chi connectivity index (χ1v) is 9.67. The highest BCUT2D eigenvalue weighted by Gasteiger charge is 2.38. The minimum atomic E-state index is -1.03. The van der Waals surface area contributed by atoms with E-state index in [0.29, 0.717) is 23.8 Å². The van der Waals surface area contributed by atoms with Gasteiger partial charge < -0.3 is 16.2 Å². The molecule has 1 aliphatic rings. The van der Waals surface area contributed by atoms with Crippen LogP contribution < -0.4 is 16.6 Å². The Morgan fingerprint density at radius 1 is 1.41 bits per heavy atom. The Morgan fingerprint density at radius 2 is 2.07 bits per heavy atom. The van der Waals surface area contributed by atoms with E-state index in [1.54, 1.807) is 6.07 Å². The summed E-state index contributed by atoms with van der Waals surface area (Å²) in [5, 5.41) is 17.6. The fourth-order valence-electron chi connectivity index (χ4n) is 3.45. The summed E-state index contributed by atoms with van der Waals surface area (Å²) in [6.07, 6.45) is 5.07. The summed E-state index contributed by atoms with van der Waals surface area (Å²) in [7, 11) is 0. The molecule has 4 N–H and O–H groups in total. The Bertz CT molecular complexity index is 1060. The lowest BCUT2D eigenvalue weighted by molar-refractivity contribution is -0.118. The molecule has 1 saturated carbocycles. The number of aromatic nitrogens is 3. The fourth-order valence-corrected chi connectivity index (χ4v) is 3.45. The van der Waals surface area contributed by atoms with E-state index in [1.165, 1.54) is 16.7 Å². The van der Waals surface area contributed by atoms with Crippen molar-refractivity contribution in [3.8, 4) is 5.88 Å². The van der Waals surface area contributed by atoms with Gasteiger partial charge in [-0.3, -0.25) is 19.0 Å². The van der Waals surface area contributed by atoms with Crippen molar-refractivity contribution in [3.05, 3.63) is 33.8 Å². The molecule has 0 aromatic carbocycles. The number of rotatable bonds is 7. The zero-order chi connectivity index (χ0) is 21.5. The number of nitrogens with zero attached hydrogens (tertiary/aromatic N) is 3. The molecule has 2 amide bonds. The van der Waals surface area contributed by atoms with Crippen LogP contribution in [0.25, 0.3) is 11.7 Å². The van der Waals surface area contributed by atoms with Gasteiger partial charge in [-0.2, -0.15) is 9.61 Å². The lowest BCUT2D eigenvalue weighted by atomic mass is 9.99. The predicted molar refractivity (Wildman–Crippen MR) is 108 cm³/mol. The smallest absolute Gasteiger partial charge is 0.291 e. The average molecular weight is 401 g/mol. The molecule has 3 rings (SSSR count). The lowest BCUT2D eigenvalue weighted by Crippen LogP contribution is -2.44. The quantitative estimate of drug-likeness (QED) is 0.601. The molecule has 9 nitrogen and oxygen atoms in total. The molecule has 1 aliphatic carbocycles. The van der Waals surface area contributed by atoms with Gasteiger partial charge in [0.25, 0.3) is 11.5 Å². The van der Waals surface area contributed by atoms with Crippen LogP contribution in [-0.4, -0.2) is 36.6 Å². The summed E-state index contributed by atoms with van der Waals surface area (Å²) in [5.41, 5.74) is 4.35. The average Bonchev–Trinajstić information content (AvgIpc) is 3.37. The Hall–Kier alpha value is -3.10. The minimum Gasteiger partial charge on any atom is -0.494 e. The van der Waals surface area contributed by atoms with Gasteiger partial charge in [-0.1, -0.05) is 13.8 Å². The van der Waals surface area contributed by atoms with Gasteiger partial charge in [-0.05, 0) is 44.6 Å². The summed E-state index contributed by atoms with van der Waals surface area (Å²) in [6, 6.07) is 1.57. The first-order chi connectivity index (χ1) is 13.5. The van der Waals surface area contributed by atoms with Crippen LogP contribution in [0.3, 0.4) is 0 Å². The van der Waals surface area contributed by atoms with Gasteiger partial charge >= 0.3 is 0 Å². The maximum absolute atomic E-state index is 12.6. The SMILES string of the molecule is CC(C)Cn1c(O)c(C(N)=O)c(=O)n2nc(C=CC(=O)NC(C)(C)C3CC3)cc12. The molecule has 29 heavy (non-hydrogen) atoms. The molecule has 9 heteroatoms. The second-order valence-corrected chi connectivity index (χ2v) is 8.53. The molecule has 156 valence electrons. The number of nitrogens with one attached hydrogen (secondary N) is 1. The number of primary amides is 1. The first kappa shape index (κ1) is 20.6. The van der Waals surface area contributed by atoms with Crippen LogP contribution in [-0.2, 0) is 11.3 Å². The highest BCUT2D eigenvalue weighted by molar-refractivity contribution is 5.95. The molecular formula is C20H27N5O4. The van der Waals surface area contributed by atoms with Crippen LogP contribution in [0.4, 0.5) is 0 Å². The molecule has 0 aliphatic heterocycles. The fraction of sp³-hybridized carbons (Fsp3) is 0.500. The number of aromatic hydroxyl groups is 1. The number of carbonyl (C=O) groups excluding carboxylic acids is 2. The van der Waals surface area contributed by atoms with E-state index in [2.05, 4.69) is 10.4 Å². The maximum atomic E-state index is 12.6. The van der Waals surface area contributed by atoms with Crippen LogP contribution in [0.5, 0.6) is 5.88 Å². The standard InChI is InChI=1S/C20H27N5O4/c1-11(2)10-24-15-9-13(7-8-14(26)22-20(3,4)12-5-6-12)23-25(15)19(29)16(17(21)27)18(24)28/h7-9,11-12,28H,5-6,10H2,1-4H3,(H2,21,27)(H,22,26). The van der Waals surface area contributed by atoms with Gasteiger partial charge in [0.15, 0.2) is 5.56 Å². The Kier molecular flexibility index (Phi) is 5.25. The number of amides is 2. The molecular weight excluding hydrogens is 374 g/mol. The third kappa shape index (κ3) is 4.18. The largest absolute Gasteiger partial charge is 0.494 e. The van der Waals surface area contributed by atoms with Crippen LogP contribution in [0.1, 0.15) is 56.6 Å². The number of hydrogen-bond donors (Lipinski definition) is 3. The van der Waals surface area contributed by atoms with Gasteiger partial charge in [0.05, 0.1) is 5.69 Å². The number of fused-ring (bicyclic) bond motifs is 1. The highest BCUT2D eigenvalue weighted by Crippen LogP contribution is 2.39. The molecule has 0 saturated heterocycles. The second kappa shape index (κ2) is 7.38. The van der Waals surface area contributed by atoms with Gasteiger partial charge in [-0.25, -0.2) is 0 Å². The highest BCUT2D eigenvalue weighted by atomic mass is 16.3. The normalized spacial score (nSPS) is 14.8. The molecule has 2 heterocycles. The van der Waals surface area contributed by atoms with E-state index < -0.39 is 22.9 Å². The van der Waals surface area contributed by atoms with Crippen molar-refractivity contribution in [2.75, 3.05) is 0 Å². The summed E-state index contributed by atoms with van der Waals surface area (Å²) in [4.78, 5) is 36.5. The van der Waals surface area contributed by atoms with Gasteiger partial charge in [-0.15, -0.1) is 0 Å². The van der Waals surface area contributed by atoms with Crippen molar-refractivity contribution < 1.29 is 14.7 Å². The summed E-state index contributed by atoms with van der Waals surface area (Å²) >= 11 is 0. The van der Waals surface area contributed by atoms with Gasteiger partial charge in [0, 0.05) is 24.2 Å². The maximum Gasteiger partial charge on any atom is 0.291 e. The zero-order valence-electron chi connectivity index (χ0n) is 17.1. The van der Waals surface area contributed by atoms with E-state index in [9.17, 15) is 19.5 Å². The molecule has 0 radical (unpaired) electrons. The predicted octanol–water partition coefficient (Wildman–Crippen LogP) is 1.27. The van der Waals surface area contributed by atoms with Crippen molar-refractivity contribution >= 4 is 23.5 Å². The van der Waals surface area contributed by atoms with Crippen molar-refractivity contribution in [2.45, 2.75) is 52.6 Å². The van der Waals surface area contributed by atoms with Crippen molar-refractivity contribution in [1.82, 2.24) is 19.5 Å². The lowest BCUT2D eigenvalue weighted by Gasteiger charge is -2.25. The van der Waals surface area contributed by atoms with E-state index in [1.807, 2.05) is 27.7 Å². The third-order valence-corrected chi connectivity index (χ3v) is 5.11. The number of hydrogen-bond acceptors (Lipinski definition) is 5. The van der Waals surface area contributed by atoms with Crippen LogP contribution >= 0.6 is 0 Å². The monoisotopic (exact) mass is 401 g/mol. The third-order valence-electron chi connectivity index (χ3n) is 5.11. The molecule has 2 aromatic rings.